The van der Waals surface area contributed by atoms with Gasteiger partial charge in [-0.25, -0.2) is 9.97 Å². The van der Waals surface area contributed by atoms with Gasteiger partial charge >= 0.3 is 0 Å². The maximum absolute atomic E-state index is 4.87. The van der Waals surface area contributed by atoms with Crippen molar-refractivity contribution in [2.24, 2.45) is 5.41 Å². The van der Waals surface area contributed by atoms with Crippen LogP contribution >= 0.6 is 0 Å². The highest BCUT2D eigenvalue weighted by molar-refractivity contribution is 5.35. The Morgan fingerprint density at radius 2 is 2.11 bits per heavy atom. The highest BCUT2D eigenvalue weighted by atomic mass is 15.1. The van der Waals surface area contributed by atoms with Gasteiger partial charge in [-0.3, -0.25) is 0 Å². The van der Waals surface area contributed by atoms with Gasteiger partial charge in [0.15, 0.2) is 0 Å². The van der Waals surface area contributed by atoms with Crippen LogP contribution in [0.15, 0.2) is 17.2 Å². The first kappa shape index (κ1) is 20.3. The molecular weight excluding hydrogens is 334 g/mol. The third kappa shape index (κ3) is 5.08. The third-order valence-corrected chi connectivity index (χ3v) is 6.29. The van der Waals surface area contributed by atoms with Gasteiger partial charge in [-0.2, -0.15) is 0 Å². The first-order chi connectivity index (χ1) is 12.9. The fourth-order valence-corrected chi connectivity index (χ4v) is 4.67. The van der Waals surface area contributed by atoms with Gasteiger partial charge in [-0.15, -0.1) is 0 Å². The number of nitrogens with one attached hydrogen (secondary N) is 2. The summed E-state index contributed by atoms with van der Waals surface area (Å²) in [4.78, 5) is 12.0. The zero-order valence-corrected chi connectivity index (χ0v) is 17.9. The van der Waals surface area contributed by atoms with Gasteiger partial charge in [0.05, 0.1) is 11.7 Å². The molecule has 0 aromatic carbocycles. The van der Waals surface area contributed by atoms with Gasteiger partial charge < -0.3 is 15.5 Å². The van der Waals surface area contributed by atoms with E-state index in [1.165, 1.54) is 25.7 Å². The summed E-state index contributed by atoms with van der Waals surface area (Å²) in [6.45, 7) is 10.2. The average molecular weight is 372 g/mol. The van der Waals surface area contributed by atoms with E-state index < -0.39 is 0 Å². The molecule has 1 aliphatic heterocycles. The fraction of sp³-hybridized carbons (Fsp3) is 0.727. The summed E-state index contributed by atoms with van der Waals surface area (Å²) < 4.78 is 0. The van der Waals surface area contributed by atoms with Gasteiger partial charge in [-0.05, 0) is 64.5 Å². The summed E-state index contributed by atoms with van der Waals surface area (Å²) in [5, 5.41) is 6.71. The topological polar surface area (TPSA) is 53.1 Å². The van der Waals surface area contributed by atoms with Crippen LogP contribution in [0.3, 0.4) is 0 Å². The van der Waals surface area contributed by atoms with E-state index in [2.05, 4.69) is 54.4 Å². The molecule has 0 spiro atoms. The van der Waals surface area contributed by atoms with E-state index in [0.29, 0.717) is 11.5 Å². The Labute approximate surface area is 165 Å². The molecular formula is C22H37N5. The van der Waals surface area contributed by atoms with Gasteiger partial charge in [0.1, 0.15) is 11.6 Å². The van der Waals surface area contributed by atoms with E-state index >= 15 is 0 Å². The molecule has 1 fully saturated rings. The molecule has 0 bridgehead atoms. The van der Waals surface area contributed by atoms with Crippen LogP contribution in [0.4, 0.5) is 5.82 Å². The van der Waals surface area contributed by atoms with E-state index in [0.717, 1.165) is 49.8 Å². The summed E-state index contributed by atoms with van der Waals surface area (Å²) in [6.07, 6.45) is 7.43. The van der Waals surface area contributed by atoms with E-state index in [1.807, 2.05) is 7.05 Å². The SMILES string of the molecule is CNc1cc(CN(C)CCC2=C(C)CCCC2(C)C)nc([C@H]2CCCN2)n1. The lowest BCUT2D eigenvalue weighted by Crippen LogP contribution is -2.26. The molecule has 1 atom stereocenters. The van der Waals surface area contributed by atoms with Crippen molar-refractivity contribution in [3.63, 3.8) is 0 Å². The van der Waals surface area contributed by atoms with Crippen LogP contribution in [-0.2, 0) is 6.54 Å². The Kier molecular flexibility index (Phi) is 6.53. The van der Waals surface area contributed by atoms with Crippen molar-refractivity contribution in [2.45, 2.75) is 71.9 Å². The zero-order valence-electron chi connectivity index (χ0n) is 17.9. The van der Waals surface area contributed by atoms with Gasteiger partial charge in [0, 0.05) is 26.2 Å². The summed E-state index contributed by atoms with van der Waals surface area (Å²) in [7, 11) is 4.14. The van der Waals surface area contributed by atoms with E-state index in [1.54, 1.807) is 11.1 Å². The smallest absolute Gasteiger partial charge is 0.147 e. The minimum Gasteiger partial charge on any atom is -0.373 e. The number of allylic oxidation sites excluding steroid dienone is 1. The zero-order chi connectivity index (χ0) is 19.4. The standard InChI is InChI=1S/C22H37N5/c1-16-8-6-11-22(2,3)18(16)10-13-27(5)15-17-14-20(23-4)26-21(25-17)19-9-7-12-24-19/h14,19,24H,6-13,15H2,1-5H3,(H,23,25,26)/t19-/m1/s1. The predicted octanol–water partition coefficient (Wildman–Crippen LogP) is 4.29. The van der Waals surface area contributed by atoms with Crippen molar-refractivity contribution < 1.29 is 0 Å². The maximum atomic E-state index is 4.87. The second kappa shape index (κ2) is 8.70. The number of rotatable bonds is 7. The number of nitrogens with zero attached hydrogens (tertiary/aromatic N) is 3. The van der Waals surface area contributed by atoms with Crippen LogP contribution in [-0.4, -0.2) is 42.1 Å². The number of aromatic nitrogens is 2. The molecule has 2 heterocycles. The van der Waals surface area contributed by atoms with Crippen LogP contribution in [0.5, 0.6) is 0 Å². The average Bonchev–Trinajstić information content (AvgIpc) is 3.15. The summed E-state index contributed by atoms with van der Waals surface area (Å²) >= 11 is 0. The van der Waals surface area contributed by atoms with Crippen molar-refractivity contribution in [1.82, 2.24) is 20.2 Å². The monoisotopic (exact) mass is 371 g/mol. The number of hydrogen-bond acceptors (Lipinski definition) is 5. The molecule has 0 amide bonds. The molecule has 1 aromatic rings. The molecule has 1 aliphatic carbocycles. The van der Waals surface area contributed by atoms with E-state index in [4.69, 9.17) is 4.98 Å². The van der Waals surface area contributed by atoms with Crippen molar-refractivity contribution >= 4 is 5.82 Å². The fourth-order valence-electron chi connectivity index (χ4n) is 4.67. The second-order valence-corrected chi connectivity index (χ2v) is 8.99. The molecule has 3 rings (SSSR count). The number of hydrogen-bond donors (Lipinski definition) is 2. The minimum atomic E-state index is 0.304. The van der Waals surface area contributed by atoms with Crippen molar-refractivity contribution in [1.29, 1.82) is 0 Å². The van der Waals surface area contributed by atoms with Crippen molar-refractivity contribution in [3.8, 4) is 0 Å². The quantitative estimate of drug-likeness (QED) is 0.700. The Hall–Kier alpha value is -1.46. The normalized spacial score (nSPS) is 22.5. The molecule has 0 radical (unpaired) electrons. The van der Waals surface area contributed by atoms with Crippen molar-refractivity contribution in [3.05, 3.63) is 28.7 Å². The lowest BCUT2D eigenvalue weighted by atomic mass is 9.71. The van der Waals surface area contributed by atoms with Crippen LogP contribution < -0.4 is 10.6 Å². The van der Waals surface area contributed by atoms with Crippen LogP contribution in [0.1, 0.15) is 76.9 Å². The Morgan fingerprint density at radius 1 is 1.30 bits per heavy atom. The molecule has 1 aromatic heterocycles. The van der Waals surface area contributed by atoms with Crippen LogP contribution in [0, 0.1) is 5.41 Å². The molecule has 5 nitrogen and oxygen atoms in total. The van der Waals surface area contributed by atoms with Crippen LogP contribution in [0.25, 0.3) is 0 Å². The predicted molar refractivity (Wildman–Crippen MR) is 113 cm³/mol. The first-order valence-corrected chi connectivity index (χ1v) is 10.6. The van der Waals surface area contributed by atoms with Crippen molar-refractivity contribution in [2.75, 3.05) is 32.5 Å². The molecule has 0 saturated carbocycles. The first-order valence-electron chi connectivity index (χ1n) is 10.6. The minimum absolute atomic E-state index is 0.304. The highest BCUT2D eigenvalue weighted by Gasteiger charge is 2.28. The maximum Gasteiger partial charge on any atom is 0.147 e. The lowest BCUT2D eigenvalue weighted by molar-refractivity contribution is 0.296. The molecule has 1 saturated heterocycles. The largest absolute Gasteiger partial charge is 0.373 e. The highest BCUT2D eigenvalue weighted by Crippen LogP contribution is 2.41. The Bertz CT molecular complexity index is 673. The molecule has 27 heavy (non-hydrogen) atoms. The summed E-state index contributed by atoms with van der Waals surface area (Å²) in [6, 6.07) is 2.39. The van der Waals surface area contributed by atoms with Gasteiger partial charge in [0.25, 0.3) is 0 Å². The summed E-state index contributed by atoms with van der Waals surface area (Å²) in [5.41, 5.74) is 4.76. The van der Waals surface area contributed by atoms with E-state index in [-0.39, 0.29) is 0 Å². The molecule has 2 N–H and O–H groups in total. The third-order valence-electron chi connectivity index (χ3n) is 6.29. The molecule has 2 aliphatic rings. The second-order valence-electron chi connectivity index (χ2n) is 8.99. The van der Waals surface area contributed by atoms with E-state index in [9.17, 15) is 0 Å². The van der Waals surface area contributed by atoms with Crippen LogP contribution in [0.2, 0.25) is 0 Å². The summed E-state index contributed by atoms with van der Waals surface area (Å²) in [5.74, 6) is 1.86. The molecule has 0 unspecified atom stereocenters. The lowest BCUT2D eigenvalue weighted by Gasteiger charge is -2.35. The Morgan fingerprint density at radius 3 is 2.78 bits per heavy atom. The molecule has 150 valence electrons. The number of anilines is 1. The molecule has 5 heteroatoms. The Balaban J connectivity index is 1.65. The van der Waals surface area contributed by atoms with Gasteiger partial charge in [-0.1, -0.05) is 25.0 Å². The van der Waals surface area contributed by atoms with Gasteiger partial charge in [0.2, 0.25) is 0 Å².